The summed E-state index contributed by atoms with van der Waals surface area (Å²) in [4.78, 5) is 29.1. The standard InChI is InChI=1S/C28H32ClF3N4O2/c29-10-11-33-27(38)21-8-9-22-19-36(20-23(22)17-21)26(37)7-2-1-3-12-34-13-15-35(16-14-34)25-6-4-5-24(18-25)28(30,31)32/h4-6,8-9,17-20H,1-3,7,10-16H2,(H,33,38). The Labute approximate surface area is 225 Å². The monoisotopic (exact) mass is 548 g/mol. The largest absolute Gasteiger partial charge is 0.416 e. The highest BCUT2D eigenvalue weighted by Gasteiger charge is 2.31. The van der Waals surface area contributed by atoms with Crippen molar-refractivity contribution in [3.63, 3.8) is 0 Å². The van der Waals surface area contributed by atoms with Crippen molar-refractivity contribution in [3.8, 4) is 0 Å². The molecule has 204 valence electrons. The molecule has 1 saturated heterocycles. The van der Waals surface area contributed by atoms with Crippen LogP contribution in [-0.4, -0.2) is 66.4 Å². The SMILES string of the molecule is O=C(NCCCl)c1ccc2cn(C(=O)CCCCCN3CCN(c4cccc(C(F)(F)F)c4)CC3)cc2c1. The molecule has 1 amide bonds. The number of piperazine rings is 1. The molecule has 6 nitrogen and oxygen atoms in total. The minimum absolute atomic E-state index is 0.0176. The molecule has 1 aliphatic rings. The number of anilines is 1. The average molecular weight is 549 g/mol. The number of halogens is 4. The molecule has 2 heterocycles. The second-order valence-corrected chi connectivity index (χ2v) is 9.91. The molecule has 0 atom stereocenters. The van der Waals surface area contributed by atoms with Crippen molar-refractivity contribution in [1.82, 2.24) is 14.8 Å². The number of alkyl halides is 4. The molecule has 2 aromatic carbocycles. The van der Waals surface area contributed by atoms with Crippen LogP contribution in [0.15, 0.2) is 54.9 Å². The summed E-state index contributed by atoms with van der Waals surface area (Å²) in [6, 6.07) is 10.9. The molecule has 1 fully saturated rings. The molecule has 1 aliphatic heterocycles. The number of hydrogen-bond acceptors (Lipinski definition) is 4. The highest BCUT2D eigenvalue weighted by Crippen LogP contribution is 2.32. The van der Waals surface area contributed by atoms with Crippen molar-refractivity contribution in [2.45, 2.75) is 31.9 Å². The number of fused-ring (bicyclic) bond motifs is 1. The summed E-state index contributed by atoms with van der Waals surface area (Å²) in [6.45, 7) is 4.29. The summed E-state index contributed by atoms with van der Waals surface area (Å²) in [5.41, 5.74) is 0.528. The highest BCUT2D eigenvalue weighted by atomic mass is 35.5. The Hall–Kier alpha value is -3.04. The van der Waals surface area contributed by atoms with Gasteiger partial charge in [-0.25, -0.2) is 0 Å². The Balaban J connectivity index is 1.17. The van der Waals surface area contributed by atoms with Crippen LogP contribution < -0.4 is 10.2 Å². The number of hydrogen-bond donors (Lipinski definition) is 1. The fourth-order valence-electron chi connectivity index (χ4n) is 4.72. The van der Waals surface area contributed by atoms with E-state index in [4.69, 9.17) is 11.6 Å². The van der Waals surface area contributed by atoms with Crippen molar-refractivity contribution >= 4 is 39.9 Å². The molecular weight excluding hydrogens is 517 g/mol. The Kier molecular flexibility index (Phi) is 9.33. The van der Waals surface area contributed by atoms with E-state index in [-0.39, 0.29) is 11.8 Å². The molecule has 1 N–H and O–H groups in total. The lowest BCUT2D eigenvalue weighted by Gasteiger charge is -2.36. The van der Waals surface area contributed by atoms with Gasteiger partial charge in [-0.2, -0.15) is 13.2 Å². The lowest BCUT2D eigenvalue weighted by molar-refractivity contribution is -0.137. The Morgan fingerprint density at radius 3 is 2.42 bits per heavy atom. The first-order valence-electron chi connectivity index (χ1n) is 12.9. The molecule has 4 rings (SSSR count). The molecule has 0 radical (unpaired) electrons. The maximum absolute atomic E-state index is 13.0. The summed E-state index contributed by atoms with van der Waals surface area (Å²) in [5, 5.41) is 4.47. The smallest absolute Gasteiger partial charge is 0.369 e. The fourth-order valence-corrected chi connectivity index (χ4v) is 4.81. The van der Waals surface area contributed by atoms with E-state index in [0.717, 1.165) is 55.7 Å². The van der Waals surface area contributed by atoms with Gasteiger partial charge in [0.05, 0.1) is 5.56 Å². The second-order valence-electron chi connectivity index (χ2n) is 9.54. The fraction of sp³-hybridized carbons (Fsp3) is 0.429. The van der Waals surface area contributed by atoms with E-state index < -0.39 is 11.7 Å². The molecule has 0 bridgehead atoms. The molecule has 0 saturated carbocycles. The lowest BCUT2D eigenvalue weighted by Crippen LogP contribution is -2.46. The van der Waals surface area contributed by atoms with Gasteiger partial charge >= 0.3 is 6.18 Å². The Morgan fingerprint density at radius 1 is 0.921 bits per heavy atom. The lowest BCUT2D eigenvalue weighted by atomic mass is 10.1. The number of nitrogens with one attached hydrogen (secondary N) is 1. The van der Waals surface area contributed by atoms with Crippen LogP contribution in [0.3, 0.4) is 0 Å². The van der Waals surface area contributed by atoms with E-state index in [9.17, 15) is 22.8 Å². The first-order valence-corrected chi connectivity index (χ1v) is 13.4. The quantitative estimate of drug-likeness (QED) is 0.263. The molecule has 3 aromatic rings. The Morgan fingerprint density at radius 2 is 1.68 bits per heavy atom. The summed E-state index contributed by atoms with van der Waals surface area (Å²) in [5.74, 6) is 0.173. The zero-order valence-electron chi connectivity index (χ0n) is 21.1. The molecule has 0 spiro atoms. The minimum Gasteiger partial charge on any atom is -0.369 e. The van der Waals surface area contributed by atoms with Crippen LogP contribution in [0, 0.1) is 0 Å². The average Bonchev–Trinajstić information content (AvgIpc) is 3.35. The topological polar surface area (TPSA) is 57.6 Å². The van der Waals surface area contributed by atoms with E-state index >= 15 is 0 Å². The van der Waals surface area contributed by atoms with Crippen LogP contribution in [0.5, 0.6) is 0 Å². The first kappa shape index (κ1) is 28.0. The normalized spacial score (nSPS) is 14.7. The van der Waals surface area contributed by atoms with E-state index in [1.165, 1.54) is 12.1 Å². The zero-order valence-corrected chi connectivity index (χ0v) is 21.9. The van der Waals surface area contributed by atoms with Gasteiger partial charge in [-0.15, -0.1) is 11.6 Å². The zero-order chi connectivity index (χ0) is 27.1. The summed E-state index contributed by atoms with van der Waals surface area (Å²) < 4.78 is 40.6. The van der Waals surface area contributed by atoms with Crippen molar-refractivity contribution in [2.24, 2.45) is 0 Å². The van der Waals surface area contributed by atoms with E-state index in [0.29, 0.717) is 43.2 Å². The van der Waals surface area contributed by atoms with Crippen molar-refractivity contribution < 1.29 is 22.8 Å². The van der Waals surface area contributed by atoms with Crippen molar-refractivity contribution in [1.29, 1.82) is 0 Å². The van der Waals surface area contributed by atoms with Crippen LogP contribution in [0.2, 0.25) is 0 Å². The van der Waals surface area contributed by atoms with Gasteiger partial charge in [-0.05, 0) is 55.1 Å². The number of nitrogens with zero attached hydrogens (tertiary/aromatic N) is 3. The Bertz CT molecular complexity index is 1250. The van der Waals surface area contributed by atoms with Crippen molar-refractivity contribution in [2.75, 3.05) is 50.0 Å². The first-order chi connectivity index (χ1) is 18.2. The number of unbranched alkanes of at least 4 members (excludes halogenated alkanes) is 2. The number of carbonyl (C=O) groups is 2. The molecule has 0 aliphatic carbocycles. The number of amides is 1. The predicted octanol–water partition coefficient (Wildman–Crippen LogP) is 5.65. The van der Waals surface area contributed by atoms with Gasteiger partial charge in [-0.3, -0.25) is 19.1 Å². The van der Waals surface area contributed by atoms with Crippen LogP contribution in [0.4, 0.5) is 18.9 Å². The minimum atomic E-state index is -4.33. The van der Waals surface area contributed by atoms with E-state index in [1.807, 2.05) is 11.0 Å². The third kappa shape index (κ3) is 7.29. The predicted molar refractivity (Wildman–Crippen MR) is 144 cm³/mol. The number of aromatic nitrogens is 1. The van der Waals surface area contributed by atoms with Crippen LogP contribution in [0.25, 0.3) is 10.8 Å². The van der Waals surface area contributed by atoms with Gasteiger partial charge in [0.25, 0.3) is 5.91 Å². The maximum Gasteiger partial charge on any atom is 0.416 e. The number of carbonyl (C=O) groups excluding carboxylic acids is 2. The second kappa shape index (κ2) is 12.7. The molecular formula is C28H32ClF3N4O2. The summed E-state index contributed by atoms with van der Waals surface area (Å²) >= 11 is 5.62. The third-order valence-electron chi connectivity index (χ3n) is 6.85. The van der Waals surface area contributed by atoms with Crippen LogP contribution in [0.1, 0.15) is 46.4 Å². The highest BCUT2D eigenvalue weighted by molar-refractivity contribution is 6.18. The summed E-state index contributed by atoms with van der Waals surface area (Å²) in [7, 11) is 0. The van der Waals surface area contributed by atoms with Crippen molar-refractivity contribution in [3.05, 3.63) is 66.0 Å². The number of rotatable bonds is 10. The van der Waals surface area contributed by atoms with Gasteiger partial charge in [0.15, 0.2) is 0 Å². The van der Waals surface area contributed by atoms with Gasteiger partial charge in [0.1, 0.15) is 0 Å². The van der Waals surface area contributed by atoms with Gasteiger partial charge in [0.2, 0.25) is 5.91 Å². The molecule has 10 heteroatoms. The van der Waals surface area contributed by atoms with Gasteiger partial charge < -0.3 is 10.2 Å². The van der Waals surface area contributed by atoms with Crippen LogP contribution >= 0.6 is 11.6 Å². The molecule has 38 heavy (non-hydrogen) atoms. The molecule has 0 unspecified atom stereocenters. The van der Waals surface area contributed by atoms with Crippen LogP contribution in [-0.2, 0) is 6.18 Å². The van der Waals surface area contributed by atoms with Gasteiger partial charge in [-0.1, -0.05) is 18.6 Å². The molecule has 1 aromatic heterocycles. The van der Waals surface area contributed by atoms with E-state index in [1.54, 1.807) is 35.2 Å². The van der Waals surface area contributed by atoms with Gasteiger partial charge in [0, 0.05) is 74.1 Å². The number of benzene rings is 2. The maximum atomic E-state index is 13.0. The summed E-state index contributed by atoms with van der Waals surface area (Å²) in [6.07, 6.45) is 2.33. The van der Waals surface area contributed by atoms with E-state index in [2.05, 4.69) is 10.2 Å². The third-order valence-corrected chi connectivity index (χ3v) is 7.04.